The molecule has 0 aromatic carbocycles. The molecule has 0 aromatic rings. The fraction of sp³-hybridized carbons (Fsp3) is 0.714. The topological polar surface area (TPSA) is 43.1 Å². The van der Waals surface area contributed by atoms with E-state index < -0.39 is 5.54 Å². The summed E-state index contributed by atoms with van der Waals surface area (Å²) in [6.07, 6.45) is 1.20. The van der Waals surface area contributed by atoms with E-state index in [-0.39, 0.29) is 4.92 Å². The van der Waals surface area contributed by atoms with Crippen LogP contribution in [0.15, 0.2) is 11.1 Å². The molecular formula is C7H5NO2. The zero-order chi connectivity index (χ0) is 6.67. The van der Waals surface area contributed by atoms with E-state index in [2.05, 4.69) is 0 Å². The van der Waals surface area contributed by atoms with Gasteiger partial charge >= 0.3 is 0 Å². The summed E-state index contributed by atoms with van der Waals surface area (Å²) in [4.78, 5) is 10.5. The summed E-state index contributed by atoms with van der Waals surface area (Å²) in [6, 6.07) is 0. The Balaban J connectivity index is 2.00. The number of hydrogen-bond acceptors (Lipinski definition) is 2. The van der Waals surface area contributed by atoms with Crippen molar-refractivity contribution in [3.8, 4) is 0 Å². The van der Waals surface area contributed by atoms with Crippen molar-refractivity contribution in [1.82, 2.24) is 0 Å². The van der Waals surface area contributed by atoms with Crippen molar-refractivity contribution >= 4 is 0 Å². The summed E-state index contributed by atoms with van der Waals surface area (Å²) < 4.78 is 0. The van der Waals surface area contributed by atoms with Gasteiger partial charge < -0.3 is 0 Å². The van der Waals surface area contributed by atoms with Crippen LogP contribution < -0.4 is 0 Å². The lowest BCUT2D eigenvalue weighted by atomic mass is 10.1. The highest BCUT2D eigenvalue weighted by molar-refractivity contribution is 5.72. The van der Waals surface area contributed by atoms with E-state index in [1.807, 2.05) is 0 Å². The first-order valence-electron chi connectivity index (χ1n) is 3.67. The Morgan fingerprint density at radius 2 is 2.50 bits per heavy atom. The SMILES string of the molecule is O=[N+]([O-])C12C3=C4CC4C1C32. The smallest absolute Gasteiger partial charge is 0.255 e. The van der Waals surface area contributed by atoms with Crippen LogP contribution in [-0.4, -0.2) is 10.5 Å². The van der Waals surface area contributed by atoms with Gasteiger partial charge in [0, 0.05) is 10.5 Å². The predicted molar refractivity (Wildman–Crippen MR) is 31.8 cm³/mol. The number of nitro groups is 1. The van der Waals surface area contributed by atoms with Crippen LogP contribution in [0.5, 0.6) is 0 Å². The van der Waals surface area contributed by atoms with Crippen molar-refractivity contribution < 1.29 is 4.92 Å². The van der Waals surface area contributed by atoms with E-state index in [4.69, 9.17) is 0 Å². The van der Waals surface area contributed by atoms with Crippen molar-refractivity contribution in [1.29, 1.82) is 0 Å². The molecule has 4 atom stereocenters. The van der Waals surface area contributed by atoms with E-state index in [9.17, 15) is 10.1 Å². The summed E-state index contributed by atoms with van der Waals surface area (Å²) in [7, 11) is 0. The zero-order valence-electron chi connectivity index (χ0n) is 5.20. The number of rotatable bonds is 1. The molecule has 2 bridgehead atoms. The molecule has 5 rings (SSSR count). The van der Waals surface area contributed by atoms with Gasteiger partial charge in [-0.2, -0.15) is 0 Å². The minimum absolute atomic E-state index is 0.0448. The second kappa shape index (κ2) is 0.712. The molecule has 0 saturated heterocycles. The van der Waals surface area contributed by atoms with Crippen LogP contribution in [0.3, 0.4) is 0 Å². The monoisotopic (exact) mass is 135 g/mol. The van der Waals surface area contributed by atoms with Crippen molar-refractivity contribution in [3.63, 3.8) is 0 Å². The van der Waals surface area contributed by atoms with E-state index in [0.29, 0.717) is 17.8 Å². The normalized spacial score (nSPS) is 63.4. The Morgan fingerprint density at radius 3 is 2.80 bits per heavy atom. The Kier molecular flexibility index (Phi) is 0.293. The second-order valence-corrected chi connectivity index (χ2v) is 3.84. The molecule has 3 nitrogen and oxygen atoms in total. The third-order valence-corrected chi connectivity index (χ3v) is 3.70. The van der Waals surface area contributed by atoms with Gasteiger partial charge in [0.2, 0.25) is 0 Å². The maximum Gasteiger partial charge on any atom is 0.255 e. The van der Waals surface area contributed by atoms with Crippen molar-refractivity contribution in [3.05, 3.63) is 21.3 Å². The van der Waals surface area contributed by atoms with Gasteiger partial charge in [0.1, 0.15) is 0 Å². The molecule has 3 saturated carbocycles. The van der Waals surface area contributed by atoms with E-state index in [1.54, 1.807) is 0 Å². The highest BCUT2D eigenvalue weighted by Gasteiger charge is 3.02. The van der Waals surface area contributed by atoms with Crippen molar-refractivity contribution in [2.45, 2.75) is 12.0 Å². The fourth-order valence-corrected chi connectivity index (χ4v) is 3.18. The maximum absolute atomic E-state index is 10.5. The van der Waals surface area contributed by atoms with E-state index in [1.165, 1.54) is 17.6 Å². The molecule has 5 aliphatic carbocycles. The van der Waals surface area contributed by atoms with Gasteiger partial charge in [0.15, 0.2) is 0 Å². The number of nitrogens with zero attached hydrogens (tertiary/aromatic N) is 1. The highest BCUT2D eigenvalue weighted by Crippen LogP contribution is 2.92. The lowest BCUT2D eigenvalue weighted by molar-refractivity contribution is -0.517. The first kappa shape index (κ1) is 4.11. The van der Waals surface area contributed by atoms with E-state index >= 15 is 0 Å². The fourth-order valence-electron chi connectivity index (χ4n) is 3.18. The Labute approximate surface area is 56.9 Å². The molecule has 5 aliphatic rings. The van der Waals surface area contributed by atoms with Crippen LogP contribution >= 0.6 is 0 Å². The zero-order valence-corrected chi connectivity index (χ0v) is 5.20. The quantitative estimate of drug-likeness (QED) is 0.300. The summed E-state index contributed by atoms with van der Waals surface area (Å²) in [5.41, 5.74) is 2.28. The average Bonchev–Trinajstić information content (AvgIpc) is 2.71. The van der Waals surface area contributed by atoms with Crippen LogP contribution in [0.25, 0.3) is 0 Å². The van der Waals surface area contributed by atoms with Gasteiger partial charge in [-0.25, -0.2) is 0 Å². The summed E-state index contributed by atoms with van der Waals surface area (Å²) in [6.45, 7) is 0. The predicted octanol–water partition coefficient (Wildman–Crippen LogP) is 0.592. The first-order valence-corrected chi connectivity index (χ1v) is 3.67. The Morgan fingerprint density at radius 1 is 1.70 bits per heavy atom. The molecule has 0 N–H and O–H groups in total. The molecule has 3 heteroatoms. The lowest BCUT2D eigenvalue weighted by Gasteiger charge is -1.97. The maximum atomic E-state index is 10.5. The first-order chi connectivity index (χ1) is 4.79. The molecule has 4 unspecified atom stereocenters. The van der Waals surface area contributed by atoms with Crippen LogP contribution in [0.1, 0.15) is 6.42 Å². The molecule has 0 radical (unpaired) electrons. The van der Waals surface area contributed by atoms with Crippen molar-refractivity contribution in [2.24, 2.45) is 17.8 Å². The summed E-state index contributed by atoms with van der Waals surface area (Å²) >= 11 is 0. The molecule has 3 fully saturated rings. The molecule has 0 aliphatic heterocycles. The molecule has 50 valence electrons. The van der Waals surface area contributed by atoms with Gasteiger partial charge in [0.25, 0.3) is 5.54 Å². The second-order valence-electron chi connectivity index (χ2n) is 3.84. The average molecular weight is 135 g/mol. The van der Waals surface area contributed by atoms with Gasteiger partial charge in [-0.15, -0.1) is 0 Å². The minimum atomic E-state index is -0.432. The summed E-state index contributed by atoms with van der Waals surface area (Å²) in [5.74, 6) is 1.61. The van der Waals surface area contributed by atoms with Crippen molar-refractivity contribution in [2.75, 3.05) is 0 Å². The highest BCUT2D eigenvalue weighted by atomic mass is 16.6. The number of hydrogen-bond donors (Lipinski definition) is 0. The van der Waals surface area contributed by atoms with Gasteiger partial charge in [0.05, 0.1) is 11.8 Å². The van der Waals surface area contributed by atoms with Gasteiger partial charge in [-0.1, -0.05) is 5.57 Å². The minimum Gasteiger partial charge on any atom is -0.264 e. The largest absolute Gasteiger partial charge is 0.264 e. The van der Waals surface area contributed by atoms with Gasteiger partial charge in [-0.3, -0.25) is 10.1 Å². The van der Waals surface area contributed by atoms with Crippen LogP contribution in [0.4, 0.5) is 0 Å². The molecule has 10 heavy (non-hydrogen) atoms. The third-order valence-electron chi connectivity index (χ3n) is 3.70. The van der Waals surface area contributed by atoms with Crippen LogP contribution in [0.2, 0.25) is 0 Å². The molecule has 0 amide bonds. The Hall–Kier alpha value is -0.860. The molecule has 0 heterocycles. The van der Waals surface area contributed by atoms with Crippen LogP contribution in [0, 0.1) is 27.9 Å². The summed E-state index contributed by atoms with van der Waals surface area (Å²) in [5, 5.41) is 10.5. The third kappa shape index (κ3) is 0.159. The lowest BCUT2D eigenvalue weighted by Crippen LogP contribution is -2.16. The number of allylic oxidation sites excluding steroid dienone is 1. The Bertz CT molecular complexity index is 332. The standard InChI is InChI=1S/C7H5NO2/c9-8(10)7-4-2-1-3(2)5(7)6(4)7/h2,4,6H,1H2. The molecular weight excluding hydrogens is 130 g/mol. The molecule has 0 aromatic heterocycles. The molecule has 0 spiro atoms. The van der Waals surface area contributed by atoms with E-state index in [0.717, 1.165) is 0 Å². The van der Waals surface area contributed by atoms with Crippen LogP contribution in [-0.2, 0) is 0 Å². The van der Waals surface area contributed by atoms with Gasteiger partial charge in [-0.05, 0) is 12.3 Å².